The number of imidazole rings is 1. The number of rotatable bonds is 3. The van der Waals surface area contributed by atoms with Crippen molar-refractivity contribution in [2.75, 3.05) is 5.32 Å². The van der Waals surface area contributed by atoms with Crippen molar-refractivity contribution < 1.29 is 4.79 Å². The van der Waals surface area contributed by atoms with E-state index < -0.39 is 0 Å². The molecule has 4 nitrogen and oxygen atoms in total. The zero-order valence-corrected chi connectivity index (χ0v) is 8.17. The van der Waals surface area contributed by atoms with Gasteiger partial charge in [-0.25, -0.2) is 4.98 Å². The lowest BCUT2D eigenvalue weighted by Crippen LogP contribution is -2.14. The van der Waals surface area contributed by atoms with Crippen molar-refractivity contribution >= 4 is 23.2 Å². The van der Waals surface area contributed by atoms with Gasteiger partial charge < -0.3 is 4.98 Å². The van der Waals surface area contributed by atoms with Crippen molar-refractivity contribution in [1.82, 2.24) is 9.97 Å². The second kappa shape index (κ2) is 4.06. The molecule has 0 aliphatic heterocycles. The first-order valence-electron chi connectivity index (χ1n) is 4.16. The van der Waals surface area contributed by atoms with Crippen molar-refractivity contribution in [1.29, 1.82) is 0 Å². The number of aromatic amines is 1. The molecule has 0 unspecified atom stereocenters. The van der Waals surface area contributed by atoms with Crippen LogP contribution in [0.25, 0.3) is 0 Å². The standard InChI is InChI=1S/C9H9N3OS/c13-8(6-7-2-1-5-14-7)12-9-10-3-4-11-9/h1-5H,6H2,(H2,10,11,12,13). The number of nitrogens with one attached hydrogen (secondary N) is 2. The highest BCUT2D eigenvalue weighted by molar-refractivity contribution is 7.10. The summed E-state index contributed by atoms with van der Waals surface area (Å²) in [5.41, 5.74) is 0. The van der Waals surface area contributed by atoms with Crippen molar-refractivity contribution in [2.45, 2.75) is 6.42 Å². The van der Waals surface area contributed by atoms with Gasteiger partial charge in [-0.1, -0.05) is 6.07 Å². The normalized spacial score (nSPS) is 10.0. The van der Waals surface area contributed by atoms with Crippen molar-refractivity contribution in [3.05, 3.63) is 34.8 Å². The fourth-order valence-corrected chi connectivity index (χ4v) is 1.78. The summed E-state index contributed by atoms with van der Waals surface area (Å²) in [5.74, 6) is 0.439. The Labute approximate surface area is 85.0 Å². The van der Waals surface area contributed by atoms with Gasteiger partial charge in [-0.3, -0.25) is 10.1 Å². The van der Waals surface area contributed by atoms with E-state index in [4.69, 9.17) is 0 Å². The van der Waals surface area contributed by atoms with Crippen LogP contribution in [0.5, 0.6) is 0 Å². The van der Waals surface area contributed by atoms with Gasteiger partial charge in [0.25, 0.3) is 0 Å². The van der Waals surface area contributed by atoms with Crippen LogP contribution in [0.3, 0.4) is 0 Å². The van der Waals surface area contributed by atoms with Gasteiger partial charge in [0.1, 0.15) is 0 Å². The molecule has 0 fully saturated rings. The Hall–Kier alpha value is -1.62. The molecule has 2 aromatic rings. The molecule has 2 aromatic heterocycles. The summed E-state index contributed by atoms with van der Waals surface area (Å²) < 4.78 is 0. The molecule has 72 valence electrons. The Balaban J connectivity index is 1.91. The Bertz CT molecular complexity index is 355. The lowest BCUT2D eigenvalue weighted by Gasteiger charge is -1.98. The van der Waals surface area contributed by atoms with Crippen LogP contribution >= 0.6 is 11.3 Å². The first kappa shape index (κ1) is 8.96. The molecule has 2 N–H and O–H groups in total. The summed E-state index contributed by atoms with van der Waals surface area (Å²) >= 11 is 1.57. The van der Waals surface area contributed by atoms with Crippen LogP contribution in [-0.2, 0) is 11.2 Å². The van der Waals surface area contributed by atoms with Crippen molar-refractivity contribution in [3.63, 3.8) is 0 Å². The minimum absolute atomic E-state index is 0.0533. The molecule has 2 heterocycles. The summed E-state index contributed by atoms with van der Waals surface area (Å²) in [6.45, 7) is 0. The second-order valence-corrected chi connectivity index (χ2v) is 3.77. The Morgan fingerprint density at radius 1 is 1.64 bits per heavy atom. The zero-order valence-electron chi connectivity index (χ0n) is 7.36. The summed E-state index contributed by atoms with van der Waals surface area (Å²) in [6, 6.07) is 3.87. The van der Waals surface area contributed by atoms with Crippen molar-refractivity contribution in [2.24, 2.45) is 0 Å². The number of carbonyl (C=O) groups excluding carboxylic acids is 1. The largest absolute Gasteiger partial charge is 0.331 e. The van der Waals surface area contributed by atoms with E-state index in [9.17, 15) is 4.79 Å². The zero-order chi connectivity index (χ0) is 9.80. The fourth-order valence-electron chi connectivity index (χ4n) is 1.08. The van der Waals surface area contributed by atoms with Gasteiger partial charge in [0.05, 0.1) is 6.42 Å². The summed E-state index contributed by atoms with van der Waals surface area (Å²) in [7, 11) is 0. The third-order valence-electron chi connectivity index (χ3n) is 1.67. The Morgan fingerprint density at radius 3 is 3.21 bits per heavy atom. The molecule has 5 heteroatoms. The highest BCUT2D eigenvalue weighted by atomic mass is 32.1. The molecule has 0 aromatic carbocycles. The molecule has 0 saturated carbocycles. The van der Waals surface area contributed by atoms with E-state index in [0.717, 1.165) is 4.88 Å². The van der Waals surface area contributed by atoms with Gasteiger partial charge in [-0.05, 0) is 11.4 Å². The van der Waals surface area contributed by atoms with Crippen LogP contribution in [0.4, 0.5) is 5.95 Å². The lowest BCUT2D eigenvalue weighted by molar-refractivity contribution is -0.115. The predicted octanol–water partition coefficient (Wildman–Crippen LogP) is 1.65. The molecule has 0 aliphatic carbocycles. The molecule has 0 spiro atoms. The average molecular weight is 207 g/mol. The molecule has 0 atom stereocenters. The third-order valence-corrected chi connectivity index (χ3v) is 2.55. The van der Waals surface area contributed by atoms with Crippen LogP contribution in [0.15, 0.2) is 29.9 Å². The average Bonchev–Trinajstić information content (AvgIpc) is 2.76. The predicted molar refractivity (Wildman–Crippen MR) is 55.2 cm³/mol. The number of carbonyl (C=O) groups is 1. The summed E-state index contributed by atoms with van der Waals surface area (Å²) in [4.78, 5) is 19.2. The molecule has 1 amide bonds. The quantitative estimate of drug-likeness (QED) is 0.804. The molecule has 0 radical (unpaired) electrons. The number of H-pyrrole nitrogens is 1. The van der Waals surface area contributed by atoms with Crippen LogP contribution in [0, 0.1) is 0 Å². The van der Waals surface area contributed by atoms with Crippen LogP contribution in [-0.4, -0.2) is 15.9 Å². The number of hydrogen-bond acceptors (Lipinski definition) is 3. The molecule has 2 rings (SSSR count). The summed E-state index contributed by atoms with van der Waals surface area (Å²) in [6.07, 6.45) is 3.67. The molecule has 14 heavy (non-hydrogen) atoms. The first-order valence-corrected chi connectivity index (χ1v) is 5.04. The van der Waals surface area contributed by atoms with Gasteiger partial charge >= 0.3 is 0 Å². The lowest BCUT2D eigenvalue weighted by atomic mass is 10.3. The highest BCUT2D eigenvalue weighted by Crippen LogP contribution is 2.09. The van der Waals surface area contributed by atoms with E-state index in [1.807, 2.05) is 17.5 Å². The number of thiophene rings is 1. The van der Waals surface area contributed by atoms with Gasteiger partial charge in [0, 0.05) is 17.3 Å². The number of aromatic nitrogens is 2. The van der Waals surface area contributed by atoms with E-state index in [2.05, 4.69) is 15.3 Å². The van der Waals surface area contributed by atoms with E-state index in [-0.39, 0.29) is 5.91 Å². The SMILES string of the molecule is O=C(Cc1cccs1)Nc1ncc[nH]1. The van der Waals surface area contributed by atoms with Crippen LogP contribution in [0.1, 0.15) is 4.88 Å². The van der Waals surface area contributed by atoms with Gasteiger partial charge in [0.2, 0.25) is 11.9 Å². The first-order chi connectivity index (χ1) is 6.84. The van der Waals surface area contributed by atoms with E-state index in [1.165, 1.54) is 0 Å². The smallest absolute Gasteiger partial charge is 0.231 e. The molecule has 0 bridgehead atoms. The fraction of sp³-hybridized carbons (Fsp3) is 0.111. The van der Waals surface area contributed by atoms with Gasteiger partial charge in [-0.2, -0.15) is 0 Å². The number of amides is 1. The molecular weight excluding hydrogens is 198 g/mol. The highest BCUT2D eigenvalue weighted by Gasteiger charge is 2.05. The number of nitrogens with zero attached hydrogens (tertiary/aromatic N) is 1. The third kappa shape index (κ3) is 2.20. The maximum absolute atomic E-state index is 11.4. The maximum atomic E-state index is 11.4. The minimum Gasteiger partial charge on any atom is -0.331 e. The monoisotopic (exact) mass is 207 g/mol. The second-order valence-electron chi connectivity index (χ2n) is 2.74. The number of hydrogen-bond donors (Lipinski definition) is 2. The molecular formula is C9H9N3OS. The summed E-state index contributed by atoms with van der Waals surface area (Å²) in [5, 5.41) is 4.62. The van der Waals surface area contributed by atoms with E-state index in [0.29, 0.717) is 12.4 Å². The van der Waals surface area contributed by atoms with Crippen molar-refractivity contribution in [3.8, 4) is 0 Å². The minimum atomic E-state index is -0.0533. The Kier molecular flexibility index (Phi) is 2.60. The number of anilines is 1. The topological polar surface area (TPSA) is 57.8 Å². The maximum Gasteiger partial charge on any atom is 0.231 e. The van der Waals surface area contributed by atoms with Gasteiger partial charge in [-0.15, -0.1) is 11.3 Å². The Morgan fingerprint density at radius 2 is 2.57 bits per heavy atom. The van der Waals surface area contributed by atoms with Crippen LogP contribution in [0.2, 0.25) is 0 Å². The molecule has 0 saturated heterocycles. The molecule has 0 aliphatic rings. The van der Waals surface area contributed by atoms with Gasteiger partial charge in [0.15, 0.2) is 0 Å². The van der Waals surface area contributed by atoms with E-state index in [1.54, 1.807) is 23.7 Å². The van der Waals surface area contributed by atoms with E-state index >= 15 is 0 Å². The van der Waals surface area contributed by atoms with Crippen LogP contribution < -0.4 is 5.32 Å².